The Hall–Kier alpha value is -4.47. The predicted octanol–water partition coefficient (Wildman–Crippen LogP) is 4.71. The highest BCUT2D eigenvalue weighted by Gasteiger charge is 2.64. The number of pyridine rings is 1. The highest BCUT2D eigenvalue weighted by Crippen LogP contribution is 2.48. The normalized spacial score (nSPS) is 29.7. The molecule has 3 N–H and O–H groups in total. The van der Waals surface area contributed by atoms with Gasteiger partial charge in [0.15, 0.2) is 0 Å². The maximum atomic E-state index is 14.9. The molecule has 0 radical (unpaired) electrons. The van der Waals surface area contributed by atoms with Gasteiger partial charge in [-0.25, -0.2) is 17.6 Å². The van der Waals surface area contributed by atoms with E-state index >= 15 is 0 Å². The second-order valence-electron chi connectivity index (χ2n) is 16.8. The van der Waals surface area contributed by atoms with Gasteiger partial charge >= 0.3 is 6.09 Å². The first-order valence-electron chi connectivity index (χ1n) is 19.5. The molecule has 306 valence electrons. The molecule has 56 heavy (non-hydrogen) atoms. The lowest BCUT2D eigenvalue weighted by molar-refractivity contribution is -0.142. The monoisotopic (exact) mass is 799 g/mol. The van der Waals surface area contributed by atoms with Crippen LogP contribution in [0.25, 0.3) is 10.8 Å². The third kappa shape index (κ3) is 8.59. The molecule has 7 atom stereocenters. The molecule has 1 aromatic carbocycles. The molecular weight excluding hydrogens is 746 g/mol. The van der Waals surface area contributed by atoms with Crippen LogP contribution in [0, 0.1) is 17.8 Å². The van der Waals surface area contributed by atoms with Gasteiger partial charge in [0.2, 0.25) is 33.6 Å². The van der Waals surface area contributed by atoms with Crippen molar-refractivity contribution in [3.05, 3.63) is 42.5 Å². The first-order valence-corrected chi connectivity index (χ1v) is 20.9. The van der Waals surface area contributed by atoms with E-state index in [1.54, 1.807) is 26.8 Å². The Bertz CT molecular complexity index is 1980. The fourth-order valence-electron chi connectivity index (χ4n) is 7.90. The summed E-state index contributed by atoms with van der Waals surface area (Å²) in [5.41, 5.74) is -2.50. The van der Waals surface area contributed by atoms with Crippen molar-refractivity contribution in [3.8, 4) is 11.8 Å². The zero-order valence-corrected chi connectivity index (χ0v) is 33.7. The zero-order valence-electron chi connectivity index (χ0n) is 32.9. The Labute approximate surface area is 327 Å². The number of halogens is 1. The largest absolute Gasteiger partial charge is 0.481 e. The van der Waals surface area contributed by atoms with Gasteiger partial charge in [-0.2, -0.15) is 4.98 Å². The number of ether oxygens (including phenoxy) is 3. The average Bonchev–Trinajstić information content (AvgIpc) is 4.05. The van der Waals surface area contributed by atoms with Crippen molar-refractivity contribution in [1.29, 1.82) is 0 Å². The van der Waals surface area contributed by atoms with Crippen molar-refractivity contribution < 1.29 is 46.2 Å². The number of sulfonamides is 1. The summed E-state index contributed by atoms with van der Waals surface area (Å²) < 4.78 is 58.2. The van der Waals surface area contributed by atoms with E-state index in [-0.39, 0.29) is 49.9 Å². The van der Waals surface area contributed by atoms with Crippen LogP contribution in [0.2, 0.25) is 0 Å². The third-order valence-corrected chi connectivity index (χ3v) is 13.6. The molecule has 2 aliphatic carbocycles. The minimum atomic E-state index is -4.39. The van der Waals surface area contributed by atoms with Crippen molar-refractivity contribution in [3.63, 3.8) is 0 Å². The molecule has 0 unspecified atom stereocenters. The molecule has 6 rings (SSSR count). The average molecular weight is 800 g/mol. The van der Waals surface area contributed by atoms with E-state index in [1.807, 2.05) is 43.3 Å². The molecule has 3 fully saturated rings. The number of hydrogen-bond donors (Lipinski definition) is 3. The fourth-order valence-corrected chi connectivity index (χ4v) is 9.33. The molecular formula is C40H54FN5O9S. The minimum Gasteiger partial charge on any atom is -0.481 e. The number of rotatable bonds is 9. The number of methoxy groups -OCH3 is 1. The van der Waals surface area contributed by atoms with E-state index in [9.17, 15) is 32.0 Å². The molecule has 0 spiro atoms. The molecule has 4 amide bonds. The molecule has 4 aliphatic rings. The number of carbonyl (C=O) groups is 4. The summed E-state index contributed by atoms with van der Waals surface area (Å²) >= 11 is 0. The number of amides is 4. The number of benzene rings is 1. The summed E-state index contributed by atoms with van der Waals surface area (Å²) in [4.78, 5) is 62.6. The quantitative estimate of drug-likeness (QED) is 0.301. The Morgan fingerprint density at radius 1 is 1.14 bits per heavy atom. The van der Waals surface area contributed by atoms with Crippen LogP contribution in [0.4, 0.5) is 9.18 Å². The van der Waals surface area contributed by atoms with Gasteiger partial charge in [-0.1, -0.05) is 50.6 Å². The fraction of sp³-hybridized carbons (Fsp3) is 0.625. The summed E-state index contributed by atoms with van der Waals surface area (Å²) in [6.07, 6.45) is 4.94. The number of alkyl carbamates (subject to hydrolysis) is 1. The van der Waals surface area contributed by atoms with Crippen LogP contribution in [0.5, 0.6) is 11.8 Å². The maximum Gasteiger partial charge on any atom is 0.408 e. The Balaban J connectivity index is 1.37. The second-order valence-corrected chi connectivity index (χ2v) is 18.9. The zero-order chi connectivity index (χ0) is 40.6. The number of aromatic nitrogens is 1. The van der Waals surface area contributed by atoms with Gasteiger partial charge in [0.1, 0.15) is 40.7 Å². The number of fused-ring (bicyclic) bond motifs is 3. The number of nitrogens with one attached hydrogen (secondary N) is 3. The molecule has 16 heteroatoms. The summed E-state index contributed by atoms with van der Waals surface area (Å²) in [6.45, 7) is 7.98. The lowest BCUT2D eigenvalue weighted by atomic mass is 9.85. The standard InChI is InChI=1S/C40H54FN5O9S/c1-7-25-18-24(2)12-8-10-14-27-21-40(27,36(49)45-56(51,52)39(23-41)16-17-39)44-33(47)30-20-28(22-46(30)35(48)32(25)43-37(50)55-38(3,4)5)54-34-29-15-11-9-13-26(29)19-31(42-34)53-6/h9-11,13-15,19,24-25,27-28,30,32H,7-8,12,16-18,20-23H2,1-6H3,(H,43,50)(H,44,47)(H,45,49)/b14-10-/t24-,25+,27+,28+,30-,32-,40+/m0/s1. The van der Waals surface area contributed by atoms with Crippen molar-refractivity contribution in [2.45, 2.75) is 120 Å². The summed E-state index contributed by atoms with van der Waals surface area (Å²) in [5, 5.41) is 7.16. The number of alkyl halides is 1. The van der Waals surface area contributed by atoms with E-state index in [4.69, 9.17) is 14.2 Å². The summed E-state index contributed by atoms with van der Waals surface area (Å²) in [6, 6.07) is 6.91. The third-order valence-electron chi connectivity index (χ3n) is 11.5. The molecule has 2 aliphatic heterocycles. The number of nitrogens with zero attached hydrogens (tertiary/aromatic N) is 2. The van der Waals surface area contributed by atoms with Gasteiger partial charge in [0.25, 0.3) is 5.91 Å². The molecule has 1 saturated heterocycles. The topological polar surface area (TPSA) is 182 Å². The van der Waals surface area contributed by atoms with Crippen LogP contribution < -0.4 is 24.8 Å². The van der Waals surface area contributed by atoms with Gasteiger partial charge in [-0.15, -0.1) is 0 Å². The van der Waals surface area contributed by atoms with E-state index in [1.165, 1.54) is 12.0 Å². The van der Waals surface area contributed by atoms with Gasteiger partial charge in [0.05, 0.1) is 13.7 Å². The van der Waals surface area contributed by atoms with Crippen molar-refractivity contribution in [2.24, 2.45) is 17.8 Å². The van der Waals surface area contributed by atoms with Crippen LogP contribution in [-0.4, -0.2) is 96.5 Å². The number of hydrogen-bond acceptors (Lipinski definition) is 10. The Morgan fingerprint density at radius 2 is 1.88 bits per heavy atom. The van der Waals surface area contributed by atoms with Crippen LogP contribution in [-0.2, 0) is 29.1 Å². The van der Waals surface area contributed by atoms with Crippen molar-refractivity contribution in [1.82, 2.24) is 25.2 Å². The van der Waals surface area contributed by atoms with E-state index in [0.717, 1.165) is 11.8 Å². The first kappa shape index (κ1) is 41.2. The molecule has 2 saturated carbocycles. The minimum absolute atomic E-state index is 0.0153. The highest BCUT2D eigenvalue weighted by atomic mass is 32.2. The number of carbonyl (C=O) groups excluding carboxylic acids is 4. The lowest BCUT2D eigenvalue weighted by Crippen LogP contribution is -2.59. The molecule has 2 aromatic rings. The van der Waals surface area contributed by atoms with Gasteiger partial charge in [0, 0.05) is 23.8 Å². The van der Waals surface area contributed by atoms with Crippen LogP contribution in [0.1, 0.15) is 86.0 Å². The van der Waals surface area contributed by atoms with Crippen molar-refractivity contribution >= 4 is 44.6 Å². The van der Waals surface area contributed by atoms with Crippen LogP contribution >= 0.6 is 0 Å². The lowest BCUT2D eigenvalue weighted by Gasteiger charge is -2.34. The van der Waals surface area contributed by atoms with Crippen LogP contribution in [0.15, 0.2) is 42.5 Å². The highest BCUT2D eigenvalue weighted by molar-refractivity contribution is 7.91. The summed E-state index contributed by atoms with van der Waals surface area (Å²) in [5.74, 6) is -2.39. The van der Waals surface area contributed by atoms with Crippen molar-refractivity contribution in [2.75, 3.05) is 20.3 Å². The smallest absolute Gasteiger partial charge is 0.408 e. The second kappa shape index (κ2) is 15.8. The number of allylic oxidation sites excluding steroid dienone is 1. The van der Waals surface area contributed by atoms with E-state index < -0.39 is 80.5 Å². The van der Waals surface area contributed by atoms with Gasteiger partial charge in [-0.3, -0.25) is 19.1 Å². The van der Waals surface area contributed by atoms with Gasteiger partial charge in [-0.05, 0) is 82.6 Å². The SMILES string of the molecule is CC[C@@H]1C[C@@H](C)CC/C=C\[C@@H]2C[C@@]2(C(=O)NS(=O)(=O)C2(CF)CC2)NC(=O)[C@@H]2C[C@@H](Oc3nc(OC)cc4ccccc34)CN2C(=O)[C@H]1NC(=O)OC(C)(C)C. The molecule has 3 heterocycles. The maximum absolute atomic E-state index is 14.9. The van der Waals surface area contributed by atoms with Gasteiger partial charge < -0.3 is 29.7 Å². The molecule has 14 nitrogen and oxygen atoms in total. The first-order chi connectivity index (χ1) is 26.4. The van der Waals surface area contributed by atoms with E-state index in [2.05, 4.69) is 27.3 Å². The van der Waals surface area contributed by atoms with E-state index in [0.29, 0.717) is 30.5 Å². The molecule has 1 aromatic heterocycles. The summed E-state index contributed by atoms with van der Waals surface area (Å²) in [7, 11) is -2.90. The molecule has 0 bridgehead atoms. The Kier molecular flexibility index (Phi) is 11.6. The Morgan fingerprint density at radius 3 is 2.54 bits per heavy atom. The van der Waals surface area contributed by atoms with Crippen LogP contribution in [0.3, 0.4) is 0 Å². The predicted molar refractivity (Wildman–Crippen MR) is 206 cm³/mol.